The molecule has 0 atom stereocenters. The van der Waals surface area contributed by atoms with Crippen LogP contribution in [0.15, 0.2) is 49.7 Å². The second kappa shape index (κ2) is 7.13. The lowest BCUT2D eigenvalue weighted by molar-refractivity contribution is 0.414. The van der Waals surface area contributed by atoms with Crippen LogP contribution in [0.2, 0.25) is 0 Å². The molecule has 0 aliphatic heterocycles. The van der Waals surface area contributed by atoms with Crippen LogP contribution >= 0.6 is 23.1 Å². The second-order valence-corrected chi connectivity index (χ2v) is 7.58. The summed E-state index contributed by atoms with van der Waals surface area (Å²) in [7, 11) is 1.58. The van der Waals surface area contributed by atoms with E-state index in [4.69, 9.17) is 4.74 Å². The van der Waals surface area contributed by atoms with Gasteiger partial charge in [0.05, 0.1) is 17.0 Å². The number of aromatic nitrogens is 2. The van der Waals surface area contributed by atoms with Crippen molar-refractivity contribution in [2.75, 3.05) is 7.11 Å². The lowest BCUT2D eigenvalue weighted by atomic mass is 10.2. The van der Waals surface area contributed by atoms with E-state index in [0.717, 1.165) is 4.21 Å². The van der Waals surface area contributed by atoms with Gasteiger partial charge in [0.2, 0.25) is 0 Å². The fourth-order valence-corrected chi connectivity index (χ4v) is 4.28. The molecule has 0 amide bonds. The molecule has 0 spiro atoms. The van der Waals surface area contributed by atoms with Crippen molar-refractivity contribution < 1.29 is 4.74 Å². The molecule has 7 heteroatoms. The number of rotatable bonds is 4. The van der Waals surface area contributed by atoms with Gasteiger partial charge < -0.3 is 4.74 Å². The van der Waals surface area contributed by atoms with Crippen LogP contribution in [0.3, 0.4) is 0 Å². The van der Waals surface area contributed by atoms with Crippen LogP contribution in [0.4, 0.5) is 0 Å². The lowest BCUT2D eigenvalue weighted by Crippen LogP contribution is -2.25. The summed E-state index contributed by atoms with van der Waals surface area (Å²) in [6.07, 6.45) is 0. The van der Waals surface area contributed by atoms with E-state index in [-0.39, 0.29) is 5.56 Å². The summed E-state index contributed by atoms with van der Waals surface area (Å²) in [5.74, 6) is 0.688. The maximum Gasteiger partial charge on any atom is 0.289 e. The molecule has 2 heterocycles. The van der Waals surface area contributed by atoms with Crippen molar-refractivity contribution in [3.8, 4) is 17.5 Å². The maximum atomic E-state index is 12.6. The molecular formula is C18H15N3O2S2. The van der Waals surface area contributed by atoms with E-state index in [2.05, 4.69) is 16.5 Å². The predicted molar refractivity (Wildman–Crippen MR) is 99.0 cm³/mol. The molecule has 0 unspecified atom stereocenters. The van der Waals surface area contributed by atoms with Crippen molar-refractivity contribution in [2.24, 2.45) is 0 Å². The first-order chi connectivity index (χ1) is 12.0. The van der Waals surface area contributed by atoms with Gasteiger partial charge in [-0.15, -0.1) is 11.3 Å². The fraction of sp³-hybridized carbons (Fsp3) is 0.167. The van der Waals surface area contributed by atoms with E-state index >= 15 is 0 Å². The standard InChI is InChI=1S/C18H15N3O2S2/c1-11-8-16(24-10-11)25-17-12(2)15(9-19)18(22)21(20-17)13-4-6-14(23-3)7-5-13/h4-8,10H,1-3H3. The van der Waals surface area contributed by atoms with Gasteiger partial charge in [-0.2, -0.15) is 15.0 Å². The summed E-state index contributed by atoms with van der Waals surface area (Å²) in [5.41, 5.74) is 2.06. The van der Waals surface area contributed by atoms with Crippen molar-refractivity contribution in [3.63, 3.8) is 0 Å². The van der Waals surface area contributed by atoms with Gasteiger partial charge >= 0.3 is 0 Å². The largest absolute Gasteiger partial charge is 0.497 e. The maximum absolute atomic E-state index is 12.6. The highest BCUT2D eigenvalue weighted by Gasteiger charge is 2.16. The Morgan fingerprint density at radius 2 is 2.00 bits per heavy atom. The molecule has 0 fully saturated rings. The molecule has 25 heavy (non-hydrogen) atoms. The molecule has 0 aliphatic rings. The second-order valence-electron chi connectivity index (χ2n) is 5.38. The van der Waals surface area contributed by atoms with Gasteiger partial charge in [0.1, 0.15) is 22.4 Å². The molecule has 5 nitrogen and oxygen atoms in total. The Morgan fingerprint density at radius 1 is 1.28 bits per heavy atom. The Morgan fingerprint density at radius 3 is 2.56 bits per heavy atom. The zero-order valence-corrected chi connectivity index (χ0v) is 15.6. The number of methoxy groups -OCH3 is 1. The van der Waals surface area contributed by atoms with Gasteiger partial charge in [0, 0.05) is 5.56 Å². The van der Waals surface area contributed by atoms with Crippen LogP contribution in [0.5, 0.6) is 5.75 Å². The summed E-state index contributed by atoms with van der Waals surface area (Å²) >= 11 is 3.08. The van der Waals surface area contributed by atoms with Crippen molar-refractivity contribution in [1.29, 1.82) is 5.26 Å². The first-order valence-electron chi connectivity index (χ1n) is 7.45. The molecule has 0 radical (unpaired) electrons. The first-order valence-corrected chi connectivity index (χ1v) is 9.14. The highest BCUT2D eigenvalue weighted by Crippen LogP contribution is 2.33. The third kappa shape index (κ3) is 3.45. The average molecular weight is 369 g/mol. The van der Waals surface area contributed by atoms with Crippen molar-refractivity contribution in [3.05, 3.63) is 62.8 Å². The summed E-state index contributed by atoms with van der Waals surface area (Å²) < 4.78 is 7.48. The molecule has 0 saturated carbocycles. The number of aryl methyl sites for hydroxylation is 1. The number of hydrogen-bond acceptors (Lipinski definition) is 6. The van der Waals surface area contributed by atoms with Crippen LogP contribution in [0, 0.1) is 25.2 Å². The van der Waals surface area contributed by atoms with E-state index in [1.54, 1.807) is 49.6 Å². The molecule has 2 aromatic heterocycles. The fourth-order valence-electron chi connectivity index (χ4n) is 2.27. The highest BCUT2D eigenvalue weighted by atomic mass is 32.2. The molecule has 0 N–H and O–H groups in total. The zero-order valence-electron chi connectivity index (χ0n) is 13.9. The minimum Gasteiger partial charge on any atom is -0.497 e. The van der Waals surface area contributed by atoms with E-state index < -0.39 is 5.56 Å². The van der Waals surface area contributed by atoms with Crippen molar-refractivity contribution in [2.45, 2.75) is 23.1 Å². The Hall–Kier alpha value is -2.56. The van der Waals surface area contributed by atoms with Gasteiger partial charge in [-0.3, -0.25) is 4.79 Å². The number of ether oxygens (including phenoxy) is 1. The third-order valence-corrected chi connectivity index (χ3v) is 5.90. The number of thiophene rings is 1. The Bertz CT molecular complexity index is 1010. The van der Waals surface area contributed by atoms with Crippen LogP contribution in [-0.2, 0) is 0 Å². The van der Waals surface area contributed by atoms with Gasteiger partial charge in [-0.25, -0.2) is 0 Å². The van der Waals surface area contributed by atoms with Crippen molar-refractivity contribution in [1.82, 2.24) is 9.78 Å². The molecule has 0 aliphatic carbocycles. The molecule has 126 valence electrons. The van der Waals surface area contributed by atoms with Crippen LogP contribution in [0.1, 0.15) is 16.7 Å². The van der Waals surface area contributed by atoms with E-state index in [0.29, 0.717) is 22.0 Å². The summed E-state index contributed by atoms with van der Waals surface area (Å²) in [6, 6.07) is 11.1. The number of benzene rings is 1. The van der Waals surface area contributed by atoms with Crippen molar-refractivity contribution >= 4 is 23.1 Å². The molecule has 1 aromatic carbocycles. The molecule has 0 bridgehead atoms. The van der Waals surface area contributed by atoms with Crippen LogP contribution in [0.25, 0.3) is 5.69 Å². The van der Waals surface area contributed by atoms with Gasteiger partial charge in [0.25, 0.3) is 5.56 Å². The predicted octanol–water partition coefficient (Wildman–Crippen LogP) is 3.94. The number of nitrogens with zero attached hydrogens (tertiary/aromatic N) is 3. The average Bonchev–Trinajstić information content (AvgIpc) is 3.03. The number of hydrogen-bond donors (Lipinski definition) is 0. The van der Waals surface area contributed by atoms with Crippen LogP contribution < -0.4 is 10.3 Å². The van der Waals surface area contributed by atoms with Gasteiger partial charge in [-0.05, 0) is 55.1 Å². The molecule has 0 saturated heterocycles. The summed E-state index contributed by atoms with van der Waals surface area (Å²) in [6.45, 7) is 3.79. The van der Waals surface area contributed by atoms with E-state index in [1.807, 2.05) is 13.0 Å². The normalized spacial score (nSPS) is 10.5. The molecular weight excluding hydrogens is 354 g/mol. The quantitative estimate of drug-likeness (QED) is 0.697. The Kier molecular flexibility index (Phi) is 4.93. The van der Waals surface area contributed by atoms with E-state index in [9.17, 15) is 10.1 Å². The minimum absolute atomic E-state index is 0.113. The summed E-state index contributed by atoms with van der Waals surface area (Å²) in [5, 5.41) is 16.6. The third-order valence-electron chi connectivity index (χ3n) is 3.63. The SMILES string of the molecule is COc1ccc(-n2nc(Sc3cc(C)cs3)c(C)c(C#N)c2=O)cc1. The zero-order chi connectivity index (χ0) is 18.0. The van der Waals surface area contributed by atoms with E-state index in [1.165, 1.54) is 22.0 Å². The van der Waals surface area contributed by atoms with Gasteiger partial charge in [0.15, 0.2) is 0 Å². The van der Waals surface area contributed by atoms with Crippen LogP contribution in [-0.4, -0.2) is 16.9 Å². The first kappa shape index (κ1) is 17.3. The highest BCUT2D eigenvalue weighted by molar-refractivity contribution is 8.01. The summed E-state index contributed by atoms with van der Waals surface area (Å²) in [4.78, 5) is 12.6. The molecule has 3 rings (SSSR count). The minimum atomic E-state index is -0.420. The number of nitriles is 1. The Labute approximate surface area is 153 Å². The topological polar surface area (TPSA) is 67.9 Å². The monoisotopic (exact) mass is 369 g/mol. The van der Waals surface area contributed by atoms with Gasteiger partial charge in [-0.1, -0.05) is 11.8 Å². The molecule has 3 aromatic rings. The lowest BCUT2D eigenvalue weighted by Gasteiger charge is -2.11. The Balaban J connectivity index is 2.13. The smallest absolute Gasteiger partial charge is 0.289 e.